The molecule has 0 N–H and O–H groups in total. The van der Waals surface area contributed by atoms with Crippen molar-refractivity contribution in [2.24, 2.45) is 0 Å². The fourth-order valence-corrected chi connectivity index (χ4v) is 3.29. The second-order valence-corrected chi connectivity index (χ2v) is 7.97. The number of nitrogens with zero attached hydrogens (tertiary/aromatic N) is 1. The molecule has 27 heavy (non-hydrogen) atoms. The van der Waals surface area contributed by atoms with Crippen molar-refractivity contribution in [2.75, 3.05) is 0 Å². The van der Waals surface area contributed by atoms with Gasteiger partial charge in [-0.15, -0.1) is 0 Å². The second kappa shape index (κ2) is 6.63. The molecule has 2 aromatic carbocycles. The van der Waals surface area contributed by atoms with E-state index in [9.17, 15) is 0 Å². The van der Waals surface area contributed by atoms with E-state index in [1.54, 1.807) is 0 Å². The zero-order valence-electron chi connectivity index (χ0n) is 16.3. The predicted molar refractivity (Wildman–Crippen MR) is 111 cm³/mol. The molecule has 0 bridgehead atoms. The van der Waals surface area contributed by atoms with E-state index in [0.717, 1.165) is 27.8 Å². The average Bonchev–Trinajstić information content (AvgIpc) is 2.90. The van der Waals surface area contributed by atoms with Gasteiger partial charge in [0.25, 0.3) is 0 Å². The monoisotopic (exact) mass is 357 g/mol. The van der Waals surface area contributed by atoms with Crippen molar-refractivity contribution in [3.63, 3.8) is 0 Å². The summed E-state index contributed by atoms with van der Waals surface area (Å²) in [7, 11) is -0.400. The van der Waals surface area contributed by atoms with E-state index < -0.39 is 7.12 Å². The topological polar surface area (TPSA) is 31.4 Å². The van der Waals surface area contributed by atoms with Crippen LogP contribution in [-0.4, -0.2) is 23.3 Å². The van der Waals surface area contributed by atoms with Crippen molar-refractivity contribution >= 4 is 12.6 Å². The molecule has 0 atom stereocenters. The van der Waals surface area contributed by atoms with E-state index in [-0.39, 0.29) is 11.2 Å². The Morgan fingerprint density at radius 2 is 1.41 bits per heavy atom. The van der Waals surface area contributed by atoms with Gasteiger partial charge in [0.2, 0.25) is 0 Å². The highest BCUT2D eigenvalue weighted by Gasteiger charge is 2.52. The average molecular weight is 357 g/mol. The van der Waals surface area contributed by atoms with E-state index in [2.05, 4.69) is 75.1 Å². The lowest BCUT2D eigenvalue weighted by Gasteiger charge is -2.32. The van der Waals surface area contributed by atoms with Crippen LogP contribution in [0.5, 0.6) is 0 Å². The summed E-state index contributed by atoms with van der Waals surface area (Å²) in [6.45, 7) is 8.32. The van der Waals surface area contributed by atoms with Crippen LogP contribution in [0.3, 0.4) is 0 Å². The maximum Gasteiger partial charge on any atom is 0.495 e. The van der Waals surface area contributed by atoms with E-state index >= 15 is 0 Å². The minimum atomic E-state index is -0.400. The Morgan fingerprint density at radius 3 is 2.04 bits per heavy atom. The SMILES string of the molecule is CC1(C)OB(c2ccc(-c3ccccn3)cc2-c2ccccc2)OC1(C)C. The standard InChI is InChI=1S/C23H24BNO2/c1-22(2)23(3,4)27-24(26-22)20-14-13-18(21-12-8-9-15-25-21)16-19(20)17-10-6-5-7-11-17/h5-16H,1-4H3. The molecule has 136 valence electrons. The van der Waals surface area contributed by atoms with Crippen LogP contribution < -0.4 is 5.46 Å². The Morgan fingerprint density at radius 1 is 0.741 bits per heavy atom. The van der Waals surface area contributed by atoms with Gasteiger partial charge < -0.3 is 9.31 Å². The minimum absolute atomic E-state index is 0.370. The fourth-order valence-electron chi connectivity index (χ4n) is 3.29. The lowest BCUT2D eigenvalue weighted by Crippen LogP contribution is -2.41. The van der Waals surface area contributed by atoms with Gasteiger partial charge in [0.15, 0.2) is 0 Å². The Labute approximate surface area is 161 Å². The maximum absolute atomic E-state index is 6.32. The molecule has 1 saturated heterocycles. The third-order valence-electron chi connectivity index (χ3n) is 5.61. The van der Waals surface area contributed by atoms with Crippen molar-refractivity contribution in [3.05, 3.63) is 72.9 Å². The molecule has 1 aliphatic heterocycles. The number of hydrogen-bond acceptors (Lipinski definition) is 3. The van der Waals surface area contributed by atoms with E-state index in [1.807, 2.05) is 30.5 Å². The van der Waals surface area contributed by atoms with Crippen LogP contribution in [0.2, 0.25) is 0 Å². The minimum Gasteiger partial charge on any atom is -0.399 e. The lowest BCUT2D eigenvalue weighted by molar-refractivity contribution is 0.00578. The fraction of sp³-hybridized carbons (Fsp3) is 0.261. The maximum atomic E-state index is 6.32. The lowest BCUT2D eigenvalue weighted by atomic mass is 9.74. The molecule has 2 heterocycles. The summed E-state index contributed by atoms with van der Waals surface area (Å²) in [6.07, 6.45) is 1.82. The van der Waals surface area contributed by atoms with Crippen molar-refractivity contribution < 1.29 is 9.31 Å². The largest absolute Gasteiger partial charge is 0.495 e. The quantitative estimate of drug-likeness (QED) is 0.636. The number of benzene rings is 2. The van der Waals surface area contributed by atoms with Gasteiger partial charge in [-0.3, -0.25) is 4.98 Å². The third kappa shape index (κ3) is 3.31. The molecule has 0 unspecified atom stereocenters. The van der Waals surface area contributed by atoms with Gasteiger partial charge in [0.1, 0.15) is 0 Å². The molecule has 3 nitrogen and oxygen atoms in total. The molecule has 3 aromatic rings. The Bertz CT molecular complexity index is 923. The van der Waals surface area contributed by atoms with Crippen LogP contribution in [0.1, 0.15) is 27.7 Å². The zero-order chi connectivity index (χ0) is 19.1. The number of aromatic nitrogens is 1. The molecule has 0 aliphatic carbocycles. The smallest absolute Gasteiger partial charge is 0.399 e. The summed E-state index contributed by atoms with van der Waals surface area (Å²) in [5.41, 5.74) is 4.58. The Kier molecular flexibility index (Phi) is 4.41. The van der Waals surface area contributed by atoms with Crippen LogP contribution in [0.25, 0.3) is 22.4 Å². The first kappa shape index (κ1) is 18.0. The molecule has 0 radical (unpaired) electrons. The summed E-state index contributed by atoms with van der Waals surface area (Å²) in [5, 5.41) is 0. The summed E-state index contributed by atoms with van der Waals surface area (Å²) >= 11 is 0. The van der Waals surface area contributed by atoms with Crippen LogP contribution in [0.15, 0.2) is 72.9 Å². The van der Waals surface area contributed by atoms with Gasteiger partial charge in [0, 0.05) is 11.8 Å². The molecule has 0 saturated carbocycles. The highest BCUT2D eigenvalue weighted by Crippen LogP contribution is 2.37. The molecular weight excluding hydrogens is 333 g/mol. The van der Waals surface area contributed by atoms with E-state index in [4.69, 9.17) is 9.31 Å². The van der Waals surface area contributed by atoms with Gasteiger partial charge in [-0.05, 0) is 62.5 Å². The molecule has 1 fully saturated rings. The van der Waals surface area contributed by atoms with Crippen molar-refractivity contribution in [3.8, 4) is 22.4 Å². The molecular formula is C23H24BNO2. The van der Waals surface area contributed by atoms with Crippen LogP contribution in [-0.2, 0) is 9.31 Å². The number of rotatable bonds is 3. The van der Waals surface area contributed by atoms with Crippen LogP contribution in [0.4, 0.5) is 0 Å². The van der Waals surface area contributed by atoms with Crippen LogP contribution in [0, 0.1) is 0 Å². The summed E-state index contributed by atoms with van der Waals surface area (Å²) in [4.78, 5) is 4.49. The molecule has 1 aromatic heterocycles. The summed E-state index contributed by atoms with van der Waals surface area (Å²) < 4.78 is 12.6. The van der Waals surface area contributed by atoms with Gasteiger partial charge >= 0.3 is 7.12 Å². The van der Waals surface area contributed by atoms with Crippen molar-refractivity contribution in [2.45, 2.75) is 38.9 Å². The van der Waals surface area contributed by atoms with Gasteiger partial charge in [-0.2, -0.15) is 0 Å². The highest BCUT2D eigenvalue weighted by atomic mass is 16.7. The molecule has 0 spiro atoms. The third-order valence-corrected chi connectivity index (χ3v) is 5.61. The number of hydrogen-bond donors (Lipinski definition) is 0. The Balaban J connectivity index is 1.83. The summed E-state index contributed by atoms with van der Waals surface area (Å²) in [5.74, 6) is 0. The molecule has 4 rings (SSSR count). The molecule has 4 heteroatoms. The first-order valence-corrected chi connectivity index (χ1v) is 9.34. The molecule has 1 aliphatic rings. The summed E-state index contributed by atoms with van der Waals surface area (Å²) in [6, 6.07) is 22.7. The number of pyridine rings is 1. The van der Waals surface area contributed by atoms with Crippen molar-refractivity contribution in [1.82, 2.24) is 4.98 Å². The zero-order valence-corrected chi connectivity index (χ0v) is 16.3. The second-order valence-electron chi connectivity index (χ2n) is 7.97. The highest BCUT2D eigenvalue weighted by molar-refractivity contribution is 6.64. The molecule has 0 amide bonds. The van der Waals surface area contributed by atoms with E-state index in [0.29, 0.717) is 0 Å². The van der Waals surface area contributed by atoms with Crippen LogP contribution >= 0.6 is 0 Å². The first-order chi connectivity index (χ1) is 12.9. The van der Waals surface area contributed by atoms with E-state index in [1.165, 1.54) is 0 Å². The first-order valence-electron chi connectivity index (χ1n) is 9.34. The van der Waals surface area contributed by atoms with Gasteiger partial charge in [-0.1, -0.05) is 48.5 Å². The van der Waals surface area contributed by atoms with Crippen molar-refractivity contribution in [1.29, 1.82) is 0 Å². The predicted octanol–water partition coefficient (Wildman–Crippen LogP) is 4.71. The van der Waals surface area contributed by atoms with Gasteiger partial charge in [0.05, 0.1) is 16.9 Å². The normalized spacial score (nSPS) is 17.9. The van der Waals surface area contributed by atoms with Gasteiger partial charge in [-0.25, -0.2) is 0 Å². The Hall–Kier alpha value is -2.43.